The highest BCUT2D eigenvalue weighted by molar-refractivity contribution is 5.77. The Morgan fingerprint density at radius 3 is 2.83 bits per heavy atom. The molecule has 18 heavy (non-hydrogen) atoms. The molecule has 0 aromatic heterocycles. The first-order valence-electron chi connectivity index (χ1n) is 6.36. The Hall–Kier alpha value is -1.96. The number of nitrogens with two attached hydrogens (primary N) is 1. The van der Waals surface area contributed by atoms with Crippen LogP contribution < -0.4 is 10.5 Å². The van der Waals surface area contributed by atoms with E-state index < -0.39 is 0 Å². The summed E-state index contributed by atoms with van der Waals surface area (Å²) in [5.41, 5.74) is 11.7. The second-order valence-corrected chi connectivity index (χ2v) is 4.87. The predicted octanol–water partition coefficient (Wildman–Crippen LogP) is 3.57. The number of hydrogen-bond acceptors (Lipinski definition) is 2. The third-order valence-electron chi connectivity index (χ3n) is 3.43. The van der Waals surface area contributed by atoms with Crippen LogP contribution in [0.1, 0.15) is 17.5 Å². The summed E-state index contributed by atoms with van der Waals surface area (Å²) in [6, 6.07) is 12.6. The van der Waals surface area contributed by atoms with E-state index in [0.717, 1.165) is 36.4 Å². The molecule has 0 saturated heterocycles. The van der Waals surface area contributed by atoms with Crippen molar-refractivity contribution in [2.45, 2.75) is 19.8 Å². The lowest BCUT2D eigenvalue weighted by Crippen LogP contribution is -2.08. The van der Waals surface area contributed by atoms with E-state index in [0.29, 0.717) is 0 Å². The van der Waals surface area contributed by atoms with E-state index in [1.54, 1.807) is 0 Å². The molecule has 2 heteroatoms. The molecule has 0 atom stereocenters. The molecule has 0 amide bonds. The Morgan fingerprint density at radius 2 is 2.00 bits per heavy atom. The van der Waals surface area contributed by atoms with Crippen LogP contribution in [0, 0.1) is 6.92 Å². The number of fused-ring (bicyclic) bond motifs is 1. The molecule has 1 heterocycles. The summed E-state index contributed by atoms with van der Waals surface area (Å²) in [5.74, 6) is 1.02. The number of ether oxygens (including phenoxy) is 1. The summed E-state index contributed by atoms with van der Waals surface area (Å²) in [7, 11) is 0. The third-order valence-corrected chi connectivity index (χ3v) is 3.43. The second-order valence-electron chi connectivity index (χ2n) is 4.87. The summed E-state index contributed by atoms with van der Waals surface area (Å²) in [6.45, 7) is 2.89. The van der Waals surface area contributed by atoms with Crippen molar-refractivity contribution in [2.24, 2.45) is 0 Å². The van der Waals surface area contributed by atoms with E-state index in [1.165, 1.54) is 16.7 Å². The van der Waals surface area contributed by atoms with E-state index >= 15 is 0 Å². The highest BCUT2D eigenvalue weighted by atomic mass is 16.5. The molecular weight excluding hydrogens is 222 g/mol. The zero-order valence-corrected chi connectivity index (χ0v) is 10.6. The van der Waals surface area contributed by atoms with Crippen LogP contribution in [0.15, 0.2) is 36.4 Å². The molecule has 2 nitrogen and oxygen atoms in total. The number of aryl methyl sites for hydroxylation is 2. The van der Waals surface area contributed by atoms with Crippen molar-refractivity contribution in [3.05, 3.63) is 47.5 Å². The molecule has 1 aliphatic heterocycles. The maximum Gasteiger partial charge on any atom is 0.122 e. The molecule has 0 saturated carbocycles. The number of benzene rings is 2. The summed E-state index contributed by atoms with van der Waals surface area (Å²) >= 11 is 0. The Morgan fingerprint density at radius 1 is 1.11 bits per heavy atom. The fourth-order valence-electron chi connectivity index (χ4n) is 2.47. The first kappa shape index (κ1) is 11.1. The Balaban J connectivity index is 2.06. The van der Waals surface area contributed by atoms with Gasteiger partial charge >= 0.3 is 0 Å². The minimum Gasteiger partial charge on any atom is -0.493 e. The molecule has 0 spiro atoms. The van der Waals surface area contributed by atoms with E-state index in [9.17, 15) is 0 Å². The van der Waals surface area contributed by atoms with Crippen molar-refractivity contribution in [1.82, 2.24) is 0 Å². The Labute approximate surface area is 107 Å². The lowest BCUT2D eigenvalue weighted by Gasteiger charge is -2.18. The molecular formula is C16H17NO. The van der Waals surface area contributed by atoms with Crippen molar-refractivity contribution in [3.63, 3.8) is 0 Å². The molecule has 0 fully saturated rings. The van der Waals surface area contributed by atoms with Crippen LogP contribution in [0.25, 0.3) is 11.1 Å². The number of hydrogen-bond donors (Lipinski definition) is 1. The van der Waals surface area contributed by atoms with Crippen LogP contribution >= 0.6 is 0 Å². The number of rotatable bonds is 1. The lowest BCUT2D eigenvalue weighted by atomic mass is 9.97. The van der Waals surface area contributed by atoms with Crippen LogP contribution in [-0.2, 0) is 6.42 Å². The van der Waals surface area contributed by atoms with Crippen molar-refractivity contribution in [2.75, 3.05) is 12.3 Å². The van der Waals surface area contributed by atoms with Gasteiger partial charge in [0.15, 0.2) is 0 Å². The highest BCUT2D eigenvalue weighted by Crippen LogP contribution is 2.32. The van der Waals surface area contributed by atoms with Gasteiger partial charge in [-0.2, -0.15) is 0 Å². The van der Waals surface area contributed by atoms with Gasteiger partial charge in [-0.25, -0.2) is 0 Å². The van der Waals surface area contributed by atoms with E-state index in [1.807, 2.05) is 6.07 Å². The van der Waals surface area contributed by atoms with Gasteiger partial charge in [-0.15, -0.1) is 0 Å². The summed E-state index contributed by atoms with van der Waals surface area (Å²) in [5, 5.41) is 0. The van der Waals surface area contributed by atoms with Gasteiger partial charge in [0.05, 0.1) is 6.61 Å². The van der Waals surface area contributed by atoms with E-state index in [4.69, 9.17) is 10.5 Å². The maximum absolute atomic E-state index is 6.10. The van der Waals surface area contributed by atoms with Crippen LogP contribution in [0.5, 0.6) is 5.75 Å². The SMILES string of the molecule is Cc1ccc(-c2ccc3c(c2)CCCO3)c(N)c1. The first-order valence-corrected chi connectivity index (χ1v) is 6.36. The summed E-state index contributed by atoms with van der Waals surface area (Å²) in [6.07, 6.45) is 2.19. The average molecular weight is 239 g/mol. The monoisotopic (exact) mass is 239 g/mol. The molecule has 0 aliphatic carbocycles. The predicted molar refractivity (Wildman–Crippen MR) is 74.8 cm³/mol. The van der Waals surface area contributed by atoms with Crippen LogP contribution in [0.2, 0.25) is 0 Å². The smallest absolute Gasteiger partial charge is 0.122 e. The third kappa shape index (κ3) is 1.94. The Bertz CT molecular complexity index is 590. The van der Waals surface area contributed by atoms with Gasteiger partial charge in [0.25, 0.3) is 0 Å². The quantitative estimate of drug-likeness (QED) is 0.772. The van der Waals surface area contributed by atoms with Gasteiger partial charge in [-0.3, -0.25) is 0 Å². The molecule has 92 valence electrons. The molecule has 3 rings (SSSR count). The summed E-state index contributed by atoms with van der Waals surface area (Å²) in [4.78, 5) is 0. The molecule has 1 aliphatic rings. The minimum atomic E-state index is 0.832. The van der Waals surface area contributed by atoms with Crippen molar-refractivity contribution in [3.8, 4) is 16.9 Å². The van der Waals surface area contributed by atoms with Crippen LogP contribution in [0.3, 0.4) is 0 Å². The summed E-state index contributed by atoms with van der Waals surface area (Å²) < 4.78 is 5.63. The standard InChI is InChI=1S/C16H17NO/c1-11-4-6-14(15(17)9-11)12-5-7-16-13(10-12)3-2-8-18-16/h4-7,9-10H,2-3,8,17H2,1H3. The molecule has 0 unspecified atom stereocenters. The van der Waals surface area contributed by atoms with E-state index in [-0.39, 0.29) is 0 Å². The van der Waals surface area contributed by atoms with Gasteiger partial charge in [-0.1, -0.05) is 18.2 Å². The van der Waals surface area contributed by atoms with Crippen molar-refractivity contribution >= 4 is 5.69 Å². The second kappa shape index (κ2) is 4.37. The van der Waals surface area contributed by atoms with Gasteiger partial charge in [0.2, 0.25) is 0 Å². The topological polar surface area (TPSA) is 35.2 Å². The lowest BCUT2D eigenvalue weighted by molar-refractivity contribution is 0.288. The van der Waals surface area contributed by atoms with Crippen LogP contribution in [0.4, 0.5) is 5.69 Å². The molecule has 0 radical (unpaired) electrons. The van der Waals surface area contributed by atoms with Crippen molar-refractivity contribution in [1.29, 1.82) is 0 Å². The number of nitrogen functional groups attached to an aromatic ring is 1. The van der Waals surface area contributed by atoms with E-state index in [2.05, 4.69) is 37.3 Å². The average Bonchev–Trinajstić information content (AvgIpc) is 2.38. The molecule has 2 aromatic carbocycles. The Kier molecular flexibility index (Phi) is 2.71. The fourth-order valence-corrected chi connectivity index (χ4v) is 2.47. The maximum atomic E-state index is 6.10. The molecule has 2 N–H and O–H groups in total. The van der Waals surface area contributed by atoms with Gasteiger partial charge in [0.1, 0.15) is 5.75 Å². The van der Waals surface area contributed by atoms with Gasteiger partial charge in [-0.05, 0) is 54.7 Å². The molecule has 2 aromatic rings. The largest absolute Gasteiger partial charge is 0.493 e. The van der Waals surface area contributed by atoms with Gasteiger partial charge < -0.3 is 10.5 Å². The minimum absolute atomic E-state index is 0.832. The number of anilines is 1. The van der Waals surface area contributed by atoms with Gasteiger partial charge in [0, 0.05) is 11.3 Å². The first-order chi connectivity index (χ1) is 8.74. The normalized spacial score (nSPS) is 13.8. The molecule has 0 bridgehead atoms. The van der Waals surface area contributed by atoms with Crippen LogP contribution in [-0.4, -0.2) is 6.61 Å². The zero-order valence-electron chi connectivity index (χ0n) is 10.6. The zero-order chi connectivity index (χ0) is 12.5. The fraction of sp³-hybridized carbons (Fsp3) is 0.250. The van der Waals surface area contributed by atoms with Crippen molar-refractivity contribution < 1.29 is 4.74 Å². The highest BCUT2D eigenvalue weighted by Gasteiger charge is 2.12.